The number of nitrogens with one attached hydrogen (secondary N) is 2. The third-order valence-electron chi connectivity index (χ3n) is 4.28. The van der Waals surface area contributed by atoms with Gasteiger partial charge < -0.3 is 25.2 Å². The molecule has 128 valence electrons. The molecule has 0 radical (unpaired) electrons. The molecule has 8 nitrogen and oxygen atoms in total. The molecule has 8 heteroatoms. The average Bonchev–Trinajstić information content (AvgIpc) is 2.99. The molecule has 0 aromatic carbocycles. The highest BCUT2D eigenvalue weighted by Crippen LogP contribution is 2.25. The summed E-state index contributed by atoms with van der Waals surface area (Å²) in [7, 11) is 1.29. The van der Waals surface area contributed by atoms with Crippen molar-refractivity contribution in [2.75, 3.05) is 39.8 Å². The molecular weight excluding hydrogens is 310 g/mol. The Morgan fingerprint density at radius 3 is 2.88 bits per heavy atom. The molecule has 0 aliphatic carbocycles. The molecule has 2 unspecified atom stereocenters. The Morgan fingerprint density at radius 1 is 1.46 bits per heavy atom. The lowest BCUT2D eigenvalue weighted by Gasteiger charge is -2.35. The van der Waals surface area contributed by atoms with E-state index in [0.29, 0.717) is 6.54 Å². The van der Waals surface area contributed by atoms with Crippen molar-refractivity contribution < 1.29 is 14.3 Å². The fraction of sp³-hybridized carbons (Fsp3) is 0.562. The zero-order valence-corrected chi connectivity index (χ0v) is 13.8. The third-order valence-corrected chi connectivity index (χ3v) is 4.28. The van der Waals surface area contributed by atoms with Crippen LogP contribution >= 0.6 is 0 Å². The summed E-state index contributed by atoms with van der Waals surface area (Å²) in [5.41, 5.74) is 0.149. The van der Waals surface area contributed by atoms with Crippen LogP contribution in [0.15, 0.2) is 16.8 Å². The highest BCUT2D eigenvalue weighted by Gasteiger charge is 2.45. The minimum atomic E-state index is -0.562. The van der Waals surface area contributed by atoms with Crippen LogP contribution in [0, 0.1) is 11.8 Å². The maximum absolute atomic E-state index is 12.6. The van der Waals surface area contributed by atoms with Gasteiger partial charge in [0.15, 0.2) is 5.96 Å². The van der Waals surface area contributed by atoms with Crippen LogP contribution in [-0.4, -0.2) is 79.6 Å². The van der Waals surface area contributed by atoms with Crippen molar-refractivity contribution in [3.8, 4) is 11.8 Å². The van der Waals surface area contributed by atoms with Gasteiger partial charge in [-0.1, -0.05) is 5.92 Å². The van der Waals surface area contributed by atoms with Crippen molar-refractivity contribution in [2.45, 2.75) is 19.0 Å². The number of piperazine rings is 1. The molecule has 1 amide bonds. The van der Waals surface area contributed by atoms with Crippen molar-refractivity contribution in [2.24, 2.45) is 4.99 Å². The van der Waals surface area contributed by atoms with Crippen molar-refractivity contribution in [3.63, 3.8) is 0 Å². The van der Waals surface area contributed by atoms with Gasteiger partial charge in [0.05, 0.1) is 13.7 Å². The van der Waals surface area contributed by atoms with Gasteiger partial charge in [-0.2, -0.15) is 0 Å². The van der Waals surface area contributed by atoms with Gasteiger partial charge in [0.1, 0.15) is 17.8 Å². The summed E-state index contributed by atoms with van der Waals surface area (Å²) in [6.07, 6.45) is 1.67. The maximum atomic E-state index is 12.6. The van der Waals surface area contributed by atoms with Gasteiger partial charge in [0, 0.05) is 26.2 Å². The number of hydrogen-bond donors (Lipinski definition) is 2. The van der Waals surface area contributed by atoms with Gasteiger partial charge in [-0.3, -0.25) is 4.79 Å². The monoisotopic (exact) mass is 331 g/mol. The van der Waals surface area contributed by atoms with Crippen molar-refractivity contribution in [3.05, 3.63) is 11.8 Å². The second kappa shape index (κ2) is 6.93. The second-order valence-electron chi connectivity index (χ2n) is 5.72. The quantitative estimate of drug-likeness (QED) is 0.474. The van der Waals surface area contributed by atoms with E-state index >= 15 is 0 Å². The molecule has 0 bridgehead atoms. The van der Waals surface area contributed by atoms with Gasteiger partial charge in [-0.15, -0.1) is 5.92 Å². The van der Waals surface area contributed by atoms with E-state index in [4.69, 9.17) is 9.73 Å². The van der Waals surface area contributed by atoms with Crippen LogP contribution in [0.1, 0.15) is 6.92 Å². The summed E-state index contributed by atoms with van der Waals surface area (Å²) in [5.74, 6) is 5.84. The maximum Gasteiger partial charge on any atom is 0.354 e. The first-order chi connectivity index (χ1) is 11.7. The smallest absolute Gasteiger partial charge is 0.354 e. The van der Waals surface area contributed by atoms with E-state index < -0.39 is 18.1 Å². The van der Waals surface area contributed by atoms with Crippen LogP contribution in [0.2, 0.25) is 0 Å². The average molecular weight is 331 g/mol. The number of rotatable bonds is 2. The topological polar surface area (TPSA) is 86.3 Å². The first kappa shape index (κ1) is 16.3. The predicted molar refractivity (Wildman–Crippen MR) is 87.9 cm³/mol. The Kier molecular flexibility index (Phi) is 4.71. The molecule has 3 rings (SSSR count). The molecule has 2 N–H and O–H groups in total. The summed E-state index contributed by atoms with van der Waals surface area (Å²) in [5, 5.41) is 5.92. The van der Waals surface area contributed by atoms with E-state index in [1.165, 1.54) is 7.11 Å². The molecule has 3 aliphatic rings. The number of nitrogens with zero attached hydrogens (tertiary/aromatic N) is 3. The van der Waals surface area contributed by atoms with E-state index in [2.05, 4.69) is 27.4 Å². The van der Waals surface area contributed by atoms with Crippen LogP contribution in [0.3, 0.4) is 0 Å². The molecule has 1 saturated heterocycles. The Bertz CT molecular complexity index is 654. The Morgan fingerprint density at radius 2 is 2.21 bits per heavy atom. The second-order valence-corrected chi connectivity index (χ2v) is 5.72. The Balaban J connectivity index is 1.91. The molecule has 0 saturated carbocycles. The number of fused-ring (bicyclic) bond motifs is 1. The summed E-state index contributed by atoms with van der Waals surface area (Å²) >= 11 is 0. The number of ether oxygens (including phenoxy) is 1. The van der Waals surface area contributed by atoms with Crippen LogP contribution in [0.4, 0.5) is 0 Å². The number of carbonyl (C=O) groups excluding carboxylic acids is 2. The molecule has 1 fully saturated rings. The van der Waals surface area contributed by atoms with Crippen LogP contribution < -0.4 is 10.6 Å². The number of methoxy groups -OCH3 is 1. The van der Waals surface area contributed by atoms with E-state index in [1.807, 2.05) is 4.90 Å². The SMILES string of the molecule is CC#CCN1C(N2CCNCC2)=NC2C=C(C(=O)OC)NC(=O)C21. The van der Waals surface area contributed by atoms with Gasteiger partial charge in [0.25, 0.3) is 0 Å². The van der Waals surface area contributed by atoms with Gasteiger partial charge >= 0.3 is 5.97 Å². The normalized spacial score (nSPS) is 25.8. The summed E-state index contributed by atoms with van der Waals surface area (Å²) in [6.45, 7) is 5.59. The first-order valence-electron chi connectivity index (χ1n) is 7.96. The number of carbonyl (C=O) groups is 2. The number of esters is 1. The van der Waals surface area contributed by atoms with Crippen LogP contribution in [0.5, 0.6) is 0 Å². The van der Waals surface area contributed by atoms with Gasteiger partial charge in [-0.25, -0.2) is 9.79 Å². The number of guanidine groups is 1. The lowest BCUT2D eigenvalue weighted by Crippen LogP contribution is -2.57. The lowest BCUT2D eigenvalue weighted by molar-refractivity contribution is -0.138. The highest BCUT2D eigenvalue weighted by molar-refractivity contribution is 6.01. The highest BCUT2D eigenvalue weighted by atomic mass is 16.5. The standard InChI is InChI=1S/C16H21N5O3/c1-3-4-7-21-13-11(10-12(15(23)24-2)18-14(13)22)19-16(21)20-8-5-17-6-9-20/h10-11,13,17H,5-9H2,1-2H3,(H,18,22). The summed E-state index contributed by atoms with van der Waals surface area (Å²) < 4.78 is 4.70. The Hall–Kier alpha value is -2.53. The molecule has 3 aliphatic heterocycles. The van der Waals surface area contributed by atoms with Crippen molar-refractivity contribution in [1.29, 1.82) is 0 Å². The summed E-state index contributed by atoms with van der Waals surface area (Å²) in [6, 6.07) is -0.888. The molecule has 0 aromatic heterocycles. The number of aliphatic imine (C=N–C) groups is 1. The predicted octanol–water partition coefficient (Wildman–Crippen LogP) is -1.49. The molecule has 0 spiro atoms. The summed E-state index contributed by atoms with van der Waals surface area (Å²) in [4.78, 5) is 33.1. The van der Waals surface area contributed by atoms with E-state index in [9.17, 15) is 9.59 Å². The molecular formula is C16H21N5O3. The van der Waals surface area contributed by atoms with Crippen LogP contribution in [-0.2, 0) is 14.3 Å². The van der Waals surface area contributed by atoms with E-state index in [1.54, 1.807) is 13.0 Å². The van der Waals surface area contributed by atoms with Gasteiger partial charge in [-0.05, 0) is 13.0 Å². The van der Waals surface area contributed by atoms with Crippen molar-refractivity contribution in [1.82, 2.24) is 20.4 Å². The van der Waals surface area contributed by atoms with E-state index in [0.717, 1.165) is 32.1 Å². The van der Waals surface area contributed by atoms with Crippen LogP contribution in [0.25, 0.3) is 0 Å². The first-order valence-corrected chi connectivity index (χ1v) is 7.96. The third kappa shape index (κ3) is 2.95. The molecule has 24 heavy (non-hydrogen) atoms. The fourth-order valence-corrected chi connectivity index (χ4v) is 3.12. The van der Waals surface area contributed by atoms with E-state index in [-0.39, 0.29) is 11.6 Å². The number of hydrogen-bond acceptors (Lipinski definition) is 7. The minimum Gasteiger partial charge on any atom is -0.464 e. The number of amides is 1. The van der Waals surface area contributed by atoms with Gasteiger partial charge in [0.2, 0.25) is 5.91 Å². The minimum absolute atomic E-state index is 0.149. The molecule has 2 atom stereocenters. The van der Waals surface area contributed by atoms with Crippen molar-refractivity contribution >= 4 is 17.8 Å². The zero-order valence-electron chi connectivity index (χ0n) is 13.8. The Labute approximate surface area is 140 Å². The molecule has 3 heterocycles. The fourth-order valence-electron chi connectivity index (χ4n) is 3.12. The molecule has 0 aromatic rings. The largest absolute Gasteiger partial charge is 0.464 e. The zero-order chi connectivity index (χ0) is 17.1. The lowest BCUT2D eigenvalue weighted by atomic mass is 10.0.